The number of hydrogen-bond donors (Lipinski definition) is 0. The summed E-state index contributed by atoms with van der Waals surface area (Å²) in [5, 5.41) is 0. The predicted octanol–water partition coefficient (Wildman–Crippen LogP) is 0.594. The molecule has 1 radical (unpaired) electrons. The molecule has 0 unspecified atom stereocenters. The summed E-state index contributed by atoms with van der Waals surface area (Å²) < 4.78 is 4.80. The van der Waals surface area contributed by atoms with E-state index in [4.69, 9.17) is 4.74 Å². The highest BCUT2D eigenvalue weighted by atomic mass is 16.5. The fraction of sp³-hybridized carbons (Fsp3) is 0.333. The van der Waals surface area contributed by atoms with Crippen molar-refractivity contribution in [1.29, 1.82) is 0 Å². The zero-order chi connectivity index (χ0) is 6.69. The molecule has 0 N–H and O–H groups in total. The van der Waals surface area contributed by atoms with Gasteiger partial charge in [-0.2, -0.15) is 0 Å². The largest absolute Gasteiger partial charge is 0.480 e. The molecule has 1 rings (SSSR count). The van der Waals surface area contributed by atoms with E-state index in [9.17, 15) is 0 Å². The average Bonchev–Trinajstić information content (AvgIpc) is 1.88. The minimum Gasteiger partial charge on any atom is -0.480 e. The van der Waals surface area contributed by atoms with Gasteiger partial charge in [-0.3, -0.25) is 0 Å². The number of nitrogens with zero attached hydrogens (tertiary/aromatic N) is 2. The number of ether oxygens (including phenoxy) is 1. The second kappa shape index (κ2) is 2.44. The molecule has 0 aliphatic rings. The summed E-state index contributed by atoms with van der Waals surface area (Å²) in [5.41, 5.74) is 0.745. The molecular weight excluding hydrogens is 116 g/mol. The van der Waals surface area contributed by atoms with Crippen LogP contribution in [0.1, 0.15) is 5.69 Å². The van der Waals surface area contributed by atoms with Crippen LogP contribution in [-0.4, -0.2) is 17.1 Å². The fourth-order valence-electron chi connectivity index (χ4n) is 0.498. The Balaban J connectivity index is 2.94. The van der Waals surface area contributed by atoms with Gasteiger partial charge < -0.3 is 4.74 Å². The van der Waals surface area contributed by atoms with Crippen LogP contribution in [0, 0.1) is 13.1 Å². The van der Waals surface area contributed by atoms with E-state index in [1.165, 1.54) is 6.20 Å². The lowest BCUT2D eigenvalue weighted by Crippen LogP contribution is -1.90. The van der Waals surface area contributed by atoms with Gasteiger partial charge in [0.25, 0.3) is 0 Å². The smallest absolute Gasteiger partial charge is 0.232 e. The van der Waals surface area contributed by atoms with E-state index in [0.29, 0.717) is 5.88 Å². The van der Waals surface area contributed by atoms with Crippen LogP contribution in [0.5, 0.6) is 5.88 Å². The van der Waals surface area contributed by atoms with Gasteiger partial charge in [-0.25, -0.2) is 9.97 Å². The van der Waals surface area contributed by atoms with Gasteiger partial charge in [0.15, 0.2) is 0 Å². The first-order chi connectivity index (χ1) is 4.33. The van der Waals surface area contributed by atoms with Crippen LogP contribution in [-0.2, 0) is 0 Å². The zero-order valence-corrected chi connectivity index (χ0v) is 5.38. The second-order valence-corrected chi connectivity index (χ2v) is 1.61. The molecule has 0 saturated heterocycles. The summed E-state index contributed by atoms with van der Waals surface area (Å²) in [6.45, 7) is 1.82. The van der Waals surface area contributed by atoms with Gasteiger partial charge in [0.05, 0.1) is 19.0 Å². The molecular formula is C6H7N2O. The van der Waals surface area contributed by atoms with E-state index in [1.807, 2.05) is 6.92 Å². The van der Waals surface area contributed by atoms with Crippen LogP contribution < -0.4 is 4.74 Å². The van der Waals surface area contributed by atoms with Gasteiger partial charge in [-0.05, 0) is 6.92 Å². The molecule has 1 heterocycles. The predicted molar refractivity (Wildman–Crippen MR) is 32.2 cm³/mol. The molecule has 0 bridgehead atoms. The summed E-state index contributed by atoms with van der Waals surface area (Å²) in [6, 6.07) is 0. The first-order valence-corrected chi connectivity index (χ1v) is 2.58. The van der Waals surface area contributed by atoms with Gasteiger partial charge in [0.2, 0.25) is 5.88 Å². The number of aromatic nitrogens is 2. The summed E-state index contributed by atoms with van der Waals surface area (Å²) in [4.78, 5) is 7.69. The summed E-state index contributed by atoms with van der Waals surface area (Å²) in [6.07, 6.45) is 4.19. The summed E-state index contributed by atoms with van der Waals surface area (Å²) in [7, 11) is 1.56. The van der Waals surface area contributed by atoms with E-state index in [0.717, 1.165) is 5.69 Å². The lowest BCUT2D eigenvalue weighted by Gasteiger charge is -1.95. The molecule has 0 saturated carbocycles. The van der Waals surface area contributed by atoms with Crippen molar-refractivity contribution in [2.45, 2.75) is 6.92 Å². The van der Waals surface area contributed by atoms with Gasteiger partial charge in [-0.1, -0.05) is 0 Å². The number of aryl methyl sites for hydroxylation is 1. The monoisotopic (exact) mass is 123 g/mol. The Morgan fingerprint density at radius 3 is 2.89 bits per heavy atom. The third-order valence-electron chi connectivity index (χ3n) is 0.888. The Labute approximate surface area is 53.7 Å². The van der Waals surface area contributed by atoms with E-state index in [-0.39, 0.29) is 0 Å². The quantitative estimate of drug-likeness (QED) is 0.548. The lowest BCUT2D eigenvalue weighted by atomic mass is 10.5. The Hall–Kier alpha value is -1.12. The lowest BCUT2D eigenvalue weighted by molar-refractivity contribution is 0.394. The molecule has 3 heteroatoms. The molecule has 0 fully saturated rings. The Morgan fingerprint density at radius 1 is 1.67 bits per heavy atom. The molecule has 1 aromatic heterocycles. The highest BCUT2D eigenvalue weighted by molar-refractivity contribution is 5.05. The standard InChI is InChI=1S/C6H7N2O/c1-5-3-7-4-6(8-5)9-2/h4H,1-2H3. The molecule has 47 valence electrons. The van der Waals surface area contributed by atoms with Crippen LogP contribution >= 0.6 is 0 Å². The van der Waals surface area contributed by atoms with Gasteiger partial charge >= 0.3 is 0 Å². The van der Waals surface area contributed by atoms with Crippen LogP contribution in [0.2, 0.25) is 0 Å². The number of hydrogen-bond acceptors (Lipinski definition) is 3. The molecule has 0 amide bonds. The van der Waals surface area contributed by atoms with Crippen molar-refractivity contribution in [3.8, 4) is 5.88 Å². The van der Waals surface area contributed by atoms with Crippen LogP contribution in [0.25, 0.3) is 0 Å². The molecule has 0 aromatic carbocycles. The van der Waals surface area contributed by atoms with E-state index < -0.39 is 0 Å². The van der Waals surface area contributed by atoms with Crippen molar-refractivity contribution in [3.63, 3.8) is 0 Å². The molecule has 0 spiro atoms. The van der Waals surface area contributed by atoms with E-state index in [1.54, 1.807) is 7.11 Å². The average molecular weight is 123 g/mol. The number of rotatable bonds is 1. The van der Waals surface area contributed by atoms with Gasteiger partial charge in [0.1, 0.15) is 6.20 Å². The van der Waals surface area contributed by atoms with Crippen molar-refractivity contribution >= 4 is 0 Å². The first kappa shape index (κ1) is 6.01. The molecule has 0 aliphatic carbocycles. The molecule has 1 aromatic rings. The van der Waals surface area contributed by atoms with Crippen LogP contribution in [0.3, 0.4) is 0 Å². The van der Waals surface area contributed by atoms with Crippen LogP contribution in [0.4, 0.5) is 0 Å². The SMILES string of the molecule is COc1cn[c]c(C)n1. The normalized spacial score (nSPS) is 9.11. The Morgan fingerprint density at radius 2 is 2.44 bits per heavy atom. The summed E-state index contributed by atoms with van der Waals surface area (Å²) >= 11 is 0. The maximum absolute atomic E-state index is 4.80. The first-order valence-electron chi connectivity index (χ1n) is 2.58. The minimum atomic E-state index is 0.534. The Kier molecular flexibility index (Phi) is 1.63. The van der Waals surface area contributed by atoms with E-state index >= 15 is 0 Å². The third kappa shape index (κ3) is 1.38. The van der Waals surface area contributed by atoms with Crippen molar-refractivity contribution in [3.05, 3.63) is 18.1 Å². The summed E-state index contributed by atoms with van der Waals surface area (Å²) in [5.74, 6) is 0.534. The fourth-order valence-corrected chi connectivity index (χ4v) is 0.498. The Bertz CT molecular complexity index is 200. The molecule has 0 aliphatic heterocycles. The van der Waals surface area contributed by atoms with Crippen LogP contribution in [0.15, 0.2) is 6.20 Å². The second-order valence-electron chi connectivity index (χ2n) is 1.61. The van der Waals surface area contributed by atoms with Crippen molar-refractivity contribution < 1.29 is 4.74 Å². The number of methoxy groups -OCH3 is 1. The van der Waals surface area contributed by atoms with Crippen molar-refractivity contribution in [2.24, 2.45) is 0 Å². The molecule has 3 nitrogen and oxygen atoms in total. The zero-order valence-electron chi connectivity index (χ0n) is 5.38. The molecule has 0 atom stereocenters. The highest BCUT2D eigenvalue weighted by Gasteiger charge is 1.90. The highest BCUT2D eigenvalue weighted by Crippen LogP contribution is 2.00. The van der Waals surface area contributed by atoms with Crippen molar-refractivity contribution in [1.82, 2.24) is 9.97 Å². The van der Waals surface area contributed by atoms with Gasteiger partial charge in [-0.15, -0.1) is 0 Å². The topological polar surface area (TPSA) is 35.0 Å². The maximum atomic E-state index is 4.80. The van der Waals surface area contributed by atoms with E-state index in [2.05, 4.69) is 16.2 Å². The third-order valence-corrected chi connectivity index (χ3v) is 0.888. The molecule has 9 heavy (non-hydrogen) atoms. The van der Waals surface area contributed by atoms with Gasteiger partial charge in [0, 0.05) is 0 Å². The van der Waals surface area contributed by atoms with Crippen molar-refractivity contribution in [2.75, 3.05) is 7.11 Å². The maximum Gasteiger partial charge on any atom is 0.232 e. The minimum absolute atomic E-state index is 0.534.